The second kappa shape index (κ2) is 14.5. The molecule has 5 rings (SSSR count). The number of alkyl halides is 3. The third-order valence-corrected chi connectivity index (χ3v) is 8.26. The van der Waals surface area contributed by atoms with Crippen LogP contribution in [0.2, 0.25) is 0 Å². The minimum atomic E-state index is -5.22. The van der Waals surface area contributed by atoms with Crippen LogP contribution in [0, 0.1) is 0 Å². The fourth-order valence-electron chi connectivity index (χ4n) is 5.74. The monoisotopic (exact) mass is 681 g/mol. The highest BCUT2D eigenvalue weighted by Crippen LogP contribution is 2.42. The molecule has 0 spiro atoms. The maximum Gasteiger partial charge on any atom is 0.471 e. The highest BCUT2D eigenvalue weighted by Gasteiger charge is 2.43. The Kier molecular flexibility index (Phi) is 10.4. The summed E-state index contributed by atoms with van der Waals surface area (Å²) in [7, 11) is 3.11. The summed E-state index contributed by atoms with van der Waals surface area (Å²) in [4.78, 5) is 39.1. The Hall–Kier alpha value is -5.18. The third-order valence-electron chi connectivity index (χ3n) is 8.26. The topological polar surface area (TPSA) is 141 Å². The van der Waals surface area contributed by atoms with Gasteiger partial charge in [0.05, 0.1) is 38.5 Å². The molecule has 258 valence electrons. The molecule has 1 saturated heterocycles. The van der Waals surface area contributed by atoms with Crippen LogP contribution in [0.15, 0.2) is 107 Å². The van der Waals surface area contributed by atoms with E-state index < -0.39 is 59.0 Å². The van der Waals surface area contributed by atoms with Gasteiger partial charge in [-0.15, -0.1) is 6.58 Å². The van der Waals surface area contributed by atoms with E-state index in [-0.39, 0.29) is 13.0 Å². The van der Waals surface area contributed by atoms with Crippen LogP contribution in [0.5, 0.6) is 11.5 Å². The SMILES string of the molecule is C=CC(NC(=O)C(F)(F)F)c1cn([C@H]2C[C@H](O)[C@@H](COC(c3ccccc3)(c3ccc(OC)cc3)c3ccc(OC)cc3)O2)c(=O)[nH]c1=O. The van der Waals surface area contributed by atoms with Crippen molar-refractivity contribution in [3.8, 4) is 11.5 Å². The molecule has 1 aromatic heterocycles. The first-order chi connectivity index (χ1) is 23.4. The van der Waals surface area contributed by atoms with Crippen LogP contribution in [-0.2, 0) is 19.9 Å². The summed E-state index contributed by atoms with van der Waals surface area (Å²) in [5.74, 6) is -1.05. The number of H-pyrrole nitrogens is 1. The molecule has 0 saturated carbocycles. The van der Waals surface area contributed by atoms with E-state index in [1.165, 1.54) is 0 Å². The Balaban J connectivity index is 1.48. The number of benzene rings is 3. The minimum Gasteiger partial charge on any atom is -0.497 e. The average molecular weight is 682 g/mol. The number of aromatic amines is 1. The fraction of sp³-hybridized carbons (Fsp3) is 0.286. The number of aliphatic hydroxyl groups is 1. The largest absolute Gasteiger partial charge is 0.497 e. The number of carbonyl (C=O) groups is 1. The minimum absolute atomic E-state index is 0.128. The zero-order valence-electron chi connectivity index (χ0n) is 26.5. The summed E-state index contributed by atoms with van der Waals surface area (Å²) in [6.45, 7) is 3.22. The molecule has 4 atom stereocenters. The molecule has 3 aromatic carbocycles. The van der Waals surface area contributed by atoms with Crippen molar-refractivity contribution < 1.29 is 42.0 Å². The number of hydrogen-bond acceptors (Lipinski definition) is 8. The lowest BCUT2D eigenvalue weighted by molar-refractivity contribution is -0.174. The lowest BCUT2D eigenvalue weighted by atomic mass is 9.80. The van der Waals surface area contributed by atoms with E-state index in [4.69, 9.17) is 18.9 Å². The van der Waals surface area contributed by atoms with Crippen molar-refractivity contribution in [1.29, 1.82) is 0 Å². The lowest BCUT2D eigenvalue weighted by Crippen LogP contribution is -2.42. The molecule has 1 aliphatic heterocycles. The summed E-state index contributed by atoms with van der Waals surface area (Å²) >= 11 is 0. The highest BCUT2D eigenvalue weighted by atomic mass is 19.4. The van der Waals surface area contributed by atoms with Crippen molar-refractivity contribution in [1.82, 2.24) is 14.9 Å². The Bertz CT molecular complexity index is 1830. The molecule has 4 aromatic rings. The molecule has 1 aliphatic rings. The molecule has 0 bridgehead atoms. The van der Waals surface area contributed by atoms with Gasteiger partial charge < -0.3 is 29.4 Å². The second-order valence-corrected chi connectivity index (χ2v) is 11.2. The number of halogens is 3. The van der Waals surface area contributed by atoms with Crippen LogP contribution in [0.1, 0.15) is 40.9 Å². The van der Waals surface area contributed by atoms with E-state index in [0.29, 0.717) is 11.5 Å². The number of amides is 1. The standard InChI is InChI=1S/C35H34F3N3O8/c1-4-27(39-32(44)35(36,37)38)26-19-41(33(45)40-31(26)43)30-18-28(42)29(49-30)20-48-34(21-8-6-5-7-9-21,22-10-14-24(46-2)15-11-22)23-12-16-25(47-3)17-13-23/h4-17,19,27-30,42H,1,18,20H2,2-3H3,(H,39,44)(H,40,43,45)/t27?,28-,29+,30+/m0/s1. The molecule has 1 amide bonds. The third kappa shape index (κ3) is 7.31. The number of aliphatic hydroxyl groups excluding tert-OH is 1. The molecule has 3 N–H and O–H groups in total. The molecular formula is C35H34F3N3O8. The maximum absolute atomic E-state index is 12.9. The first kappa shape index (κ1) is 35.1. The number of nitrogens with zero attached hydrogens (tertiary/aromatic N) is 1. The number of carbonyl (C=O) groups excluding carboxylic acids is 1. The van der Waals surface area contributed by atoms with E-state index in [2.05, 4.69) is 6.58 Å². The molecule has 0 radical (unpaired) electrons. The van der Waals surface area contributed by atoms with E-state index in [0.717, 1.165) is 33.5 Å². The molecule has 11 nitrogen and oxygen atoms in total. The summed E-state index contributed by atoms with van der Waals surface area (Å²) < 4.78 is 63.4. The van der Waals surface area contributed by atoms with Crippen LogP contribution in [0.4, 0.5) is 13.2 Å². The fourth-order valence-corrected chi connectivity index (χ4v) is 5.74. The molecule has 2 heterocycles. The maximum atomic E-state index is 12.9. The number of aromatic nitrogens is 2. The van der Waals surface area contributed by atoms with E-state index in [1.807, 2.05) is 59.6 Å². The van der Waals surface area contributed by atoms with Crippen molar-refractivity contribution in [2.75, 3.05) is 20.8 Å². The molecule has 0 aliphatic carbocycles. The van der Waals surface area contributed by atoms with Crippen LogP contribution in [-0.4, -0.2) is 59.8 Å². The van der Waals surface area contributed by atoms with Gasteiger partial charge in [-0.3, -0.25) is 19.1 Å². The van der Waals surface area contributed by atoms with Crippen molar-refractivity contribution in [2.45, 2.75) is 42.7 Å². The van der Waals surface area contributed by atoms with Crippen molar-refractivity contribution in [2.24, 2.45) is 0 Å². The van der Waals surface area contributed by atoms with Gasteiger partial charge >= 0.3 is 17.8 Å². The quantitative estimate of drug-likeness (QED) is 0.150. The number of hydrogen-bond donors (Lipinski definition) is 3. The van der Waals surface area contributed by atoms with Gasteiger partial charge in [-0.1, -0.05) is 60.7 Å². The predicted octanol–water partition coefficient (Wildman–Crippen LogP) is 4.12. The van der Waals surface area contributed by atoms with Crippen LogP contribution < -0.4 is 26.0 Å². The zero-order valence-corrected chi connectivity index (χ0v) is 26.5. The van der Waals surface area contributed by atoms with Gasteiger partial charge in [0.15, 0.2) is 0 Å². The van der Waals surface area contributed by atoms with Crippen molar-refractivity contribution in [3.63, 3.8) is 0 Å². The number of methoxy groups -OCH3 is 2. The van der Waals surface area contributed by atoms with Gasteiger partial charge in [-0.25, -0.2) is 4.79 Å². The Labute approximate surface area is 278 Å². The van der Waals surface area contributed by atoms with E-state index >= 15 is 0 Å². The van der Waals surface area contributed by atoms with Gasteiger partial charge in [-0.2, -0.15) is 13.2 Å². The van der Waals surface area contributed by atoms with Gasteiger partial charge in [0.2, 0.25) is 0 Å². The second-order valence-electron chi connectivity index (χ2n) is 11.2. The average Bonchev–Trinajstić information content (AvgIpc) is 3.47. The number of nitrogens with one attached hydrogen (secondary N) is 2. The van der Waals surface area contributed by atoms with Gasteiger partial charge in [0.25, 0.3) is 5.56 Å². The summed E-state index contributed by atoms with van der Waals surface area (Å²) in [5.41, 5.74) is -1.39. The summed E-state index contributed by atoms with van der Waals surface area (Å²) in [6, 6.07) is 22.4. The van der Waals surface area contributed by atoms with Crippen LogP contribution in [0.3, 0.4) is 0 Å². The molecule has 1 unspecified atom stereocenters. The first-order valence-corrected chi connectivity index (χ1v) is 15.1. The lowest BCUT2D eigenvalue weighted by Gasteiger charge is -2.37. The highest BCUT2D eigenvalue weighted by molar-refractivity contribution is 5.82. The summed E-state index contributed by atoms with van der Waals surface area (Å²) in [6.07, 6.45) is -6.75. The molecule has 14 heteroatoms. The number of rotatable bonds is 12. The van der Waals surface area contributed by atoms with Crippen molar-refractivity contribution >= 4 is 5.91 Å². The normalized spacial score (nSPS) is 18.4. The molecular weight excluding hydrogens is 647 g/mol. The Morgan fingerprint density at radius 3 is 2.06 bits per heavy atom. The molecule has 1 fully saturated rings. The molecule has 49 heavy (non-hydrogen) atoms. The number of ether oxygens (including phenoxy) is 4. The van der Waals surface area contributed by atoms with Gasteiger partial charge in [0.1, 0.15) is 29.4 Å². The van der Waals surface area contributed by atoms with E-state index in [9.17, 15) is 32.7 Å². The summed E-state index contributed by atoms with van der Waals surface area (Å²) in [5, 5.41) is 12.8. The Morgan fingerprint density at radius 2 is 1.55 bits per heavy atom. The smallest absolute Gasteiger partial charge is 0.471 e. The van der Waals surface area contributed by atoms with Crippen LogP contribution in [0.25, 0.3) is 0 Å². The predicted molar refractivity (Wildman–Crippen MR) is 171 cm³/mol. The first-order valence-electron chi connectivity index (χ1n) is 15.1. The van der Waals surface area contributed by atoms with Gasteiger partial charge in [0, 0.05) is 12.6 Å². The zero-order chi connectivity index (χ0) is 35.3. The Morgan fingerprint density at radius 1 is 1.00 bits per heavy atom. The van der Waals surface area contributed by atoms with E-state index in [1.54, 1.807) is 43.8 Å². The van der Waals surface area contributed by atoms with Crippen molar-refractivity contribution in [3.05, 3.63) is 141 Å². The van der Waals surface area contributed by atoms with Crippen LogP contribution >= 0.6 is 0 Å². The van der Waals surface area contributed by atoms with Gasteiger partial charge in [-0.05, 0) is 41.0 Å².